The molecular formula is C18H17ClF2N4O2. The number of rotatable bonds is 2. The first-order chi connectivity index (χ1) is 12.3. The number of nitrogens with two attached hydrogens (primary N) is 1. The molecule has 0 atom stereocenters. The minimum absolute atomic E-state index is 0. The van der Waals surface area contributed by atoms with Crippen LogP contribution in [0.3, 0.4) is 0 Å². The molecule has 27 heavy (non-hydrogen) atoms. The first kappa shape index (κ1) is 21.8. The summed E-state index contributed by atoms with van der Waals surface area (Å²) in [5.74, 6) is -1.11. The monoisotopic (exact) mass is 394 g/mol. The number of amidine groups is 1. The summed E-state index contributed by atoms with van der Waals surface area (Å²) in [4.78, 5) is 17.6. The van der Waals surface area contributed by atoms with Crippen LogP contribution in [0.15, 0.2) is 53.3 Å². The van der Waals surface area contributed by atoms with Crippen LogP contribution in [0.1, 0.15) is 11.1 Å². The Morgan fingerprint density at radius 3 is 2.22 bits per heavy atom. The van der Waals surface area contributed by atoms with Crippen molar-refractivity contribution in [1.29, 1.82) is 5.41 Å². The van der Waals surface area contributed by atoms with Gasteiger partial charge in [0.25, 0.3) is 5.56 Å². The standard InChI is InChI=1S/C11H9FN2O2.C7H7FN2.ClH/c1-6-10(15)13-9(14-11(6)16)7-3-2-4-8(12)5-7;8-6-3-1-2-5(4-6)7(9)10;/h2-5H,1H3,(H2,13,14,15,16);1-4H,(H3,9,10);1H. The Balaban J connectivity index is 0.000000288. The van der Waals surface area contributed by atoms with Gasteiger partial charge in [0, 0.05) is 11.1 Å². The number of hydrogen-bond acceptors (Lipinski definition) is 4. The molecule has 0 aliphatic rings. The predicted octanol–water partition coefficient (Wildman–Crippen LogP) is 3.12. The Labute approximate surface area is 159 Å². The molecule has 3 rings (SSSR count). The molecule has 9 heteroatoms. The summed E-state index contributed by atoms with van der Waals surface area (Å²) in [5, 5.41) is 16.3. The summed E-state index contributed by atoms with van der Waals surface area (Å²) in [6, 6.07) is 11.3. The van der Waals surface area contributed by atoms with Gasteiger partial charge in [-0.1, -0.05) is 24.3 Å². The molecule has 5 N–H and O–H groups in total. The molecule has 1 heterocycles. The number of nitrogen functional groups attached to an aromatic ring is 1. The molecule has 0 aliphatic carbocycles. The second-order valence-corrected chi connectivity index (χ2v) is 5.30. The van der Waals surface area contributed by atoms with Crippen LogP contribution in [-0.2, 0) is 0 Å². The summed E-state index contributed by atoms with van der Waals surface area (Å²) in [6.45, 7) is 1.45. The molecule has 6 nitrogen and oxygen atoms in total. The van der Waals surface area contributed by atoms with Crippen LogP contribution < -0.4 is 11.3 Å². The Kier molecular flexibility index (Phi) is 7.62. The summed E-state index contributed by atoms with van der Waals surface area (Å²) >= 11 is 0. The first-order valence-corrected chi connectivity index (χ1v) is 7.43. The van der Waals surface area contributed by atoms with E-state index in [1.165, 1.54) is 43.3 Å². The maximum absolute atomic E-state index is 13.0. The predicted molar refractivity (Wildman–Crippen MR) is 101 cm³/mol. The molecule has 0 spiro atoms. The van der Waals surface area contributed by atoms with Gasteiger partial charge in [0.05, 0.1) is 5.56 Å². The fourth-order valence-corrected chi connectivity index (χ4v) is 1.95. The quantitative estimate of drug-likeness (QED) is 0.394. The molecule has 3 aromatic rings. The van der Waals surface area contributed by atoms with Gasteiger partial charge in [0.15, 0.2) is 0 Å². The van der Waals surface area contributed by atoms with Crippen molar-refractivity contribution in [2.24, 2.45) is 5.73 Å². The third kappa shape index (κ3) is 5.89. The maximum atomic E-state index is 13.0. The van der Waals surface area contributed by atoms with Gasteiger partial charge < -0.3 is 15.8 Å². The third-order valence-corrected chi connectivity index (χ3v) is 3.36. The van der Waals surface area contributed by atoms with E-state index in [4.69, 9.17) is 11.1 Å². The largest absolute Gasteiger partial charge is 0.493 e. The van der Waals surface area contributed by atoms with Gasteiger partial charge in [-0.15, -0.1) is 12.4 Å². The van der Waals surface area contributed by atoms with Gasteiger partial charge in [-0.3, -0.25) is 10.2 Å². The number of aromatic nitrogens is 2. The van der Waals surface area contributed by atoms with Crippen LogP contribution >= 0.6 is 12.4 Å². The molecule has 0 saturated carbocycles. The van der Waals surface area contributed by atoms with Crippen molar-refractivity contribution in [2.45, 2.75) is 6.92 Å². The van der Waals surface area contributed by atoms with Gasteiger partial charge in [0.1, 0.15) is 23.3 Å². The van der Waals surface area contributed by atoms with Crippen molar-refractivity contribution < 1.29 is 13.9 Å². The Morgan fingerprint density at radius 1 is 1.15 bits per heavy atom. The number of hydrogen-bond donors (Lipinski definition) is 4. The van der Waals surface area contributed by atoms with Crippen LogP contribution in [0.25, 0.3) is 11.4 Å². The molecule has 0 amide bonds. The number of benzene rings is 2. The Bertz CT molecular complexity index is 1010. The highest BCUT2D eigenvalue weighted by atomic mass is 35.5. The SMILES string of the molecule is Cc1c(O)nc(-c2cccc(F)c2)[nH]c1=O.Cl.N=C(N)c1cccc(F)c1. The van der Waals surface area contributed by atoms with E-state index in [9.17, 15) is 18.7 Å². The van der Waals surface area contributed by atoms with Crippen molar-refractivity contribution in [3.05, 3.63) is 81.6 Å². The van der Waals surface area contributed by atoms with E-state index >= 15 is 0 Å². The highest BCUT2D eigenvalue weighted by Crippen LogP contribution is 2.17. The summed E-state index contributed by atoms with van der Waals surface area (Å²) in [7, 11) is 0. The van der Waals surface area contributed by atoms with Crippen LogP contribution in [0.2, 0.25) is 0 Å². The summed E-state index contributed by atoms with van der Waals surface area (Å²) < 4.78 is 25.3. The fraction of sp³-hybridized carbons (Fsp3) is 0.0556. The normalized spacial score (nSPS) is 9.59. The van der Waals surface area contributed by atoms with Crippen molar-refractivity contribution in [3.8, 4) is 17.3 Å². The van der Waals surface area contributed by atoms with E-state index in [0.29, 0.717) is 11.1 Å². The molecule has 142 valence electrons. The highest BCUT2D eigenvalue weighted by molar-refractivity contribution is 5.94. The van der Waals surface area contributed by atoms with E-state index in [2.05, 4.69) is 9.97 Å². The number of nitrogens with zero attached hydrogens (tertiary/aromatic N) is 1. The molecule has 1 aromatic heterocycles. The van der Waals surface area contributed by atoms with Crippen LogP contribution in [-0.4, -0.2) is 20.9 Å². The van der Waals surface area contributed by atoms with Gasteiger partial charge in [0.2, 0.25) is 5.88 Å². The smallest absolute Gasteiger partial charge is 0.257 e. The molecular weight excluding hydrogens is 378 g/mol. The molecule has 0 aliphatic heterocycles. The highest BCUT2D eigenvalue weighted by Gasteiger charge is 2.08. The number of aromatic amines is 1. The molecule has 0 fully saturated rings. The van der Waals surface area contributed by atoms with Gasteiger partial charge in [-0.25, -0.2) is 8.78 Å². The molecule has 0 unspecified atom stereocenters. The second-order valence-electron chi connectivity index (χ2n) is 5.30. The van der Waals surface area contributed by atoms with Crippen LogP contribution in [0.4, 0.5) is 8.78 Å². The number of halogens is 3. The van der Waals surface area contributed by atoms with Crippen molar-refractivity contribution in [2.75, 3.05) is 0 Å². The van der Waals surface area contributed by atoms with E-state index in [0.717, 1.165) is 0 Å². The van der Waals surface area contributed by atoms with E-state index in [-0.39, 0.29) is 41.3 Å². The first-order valence-electron chi connectivity index (χ1n) is 7.43. The van der Waals surface area contributed by atoms with E-state index in [1.54, 1.807) is 12.1 Å². The Hall–Kier alpha value is -3.26. The lowest BCUT2D eigenvalue weighted by Gasteiger charge is -2.03. The average molecular weight is 395 g/mol. The van der Waals surface area contributed by atoms with Crippen LogP contribution in [0, 0.1) is 24.0 Å². The summed E-state index contributed by atoms with van der Waals surface area (Å²) in [5.41, 5.74) is 5.63. The van der Waals surface area contributed by atoms with Crippen LogP contribution in [0.5, 0.6) is 5.88 Å². The topological polar surface area (TPSA) is 116 Å². The van der Waals surface area contributed by atoms with Crippen molar-refractivity contribution in [3.63, 3.8) is 0 Å². The van der Waals surface area contributed by atoms with Gasteiger partial charge in [-0.2, -0.15) is 4.98 Å². The number of H-pyrrole nitrogens is 1. The minimum Gasteiger partial charge on any atom is -0.493 e. The molecule has 0 bridgehead atoms. The lowest BCUT2D eigenvalue weighted by Crippen LogP contribution is -2.12. The average Bonchev–Trinajstić information content (AvgIpc) is 2.60. The lowest BCUT2D eigenvalue weighted by molar-refractivity contribution is 0.447. The second kappa shape index (κ2) is 9.44. The van der Waals surface area contributed by atoms with E-state index in [1.807, 2.05) is 0 Å². The molecule has 0 radical (unpaired) electrons. The zero-order valence-electron chi connectivity index (χ0n) is 14.2. The fourth-order valence-electron chi connectivity index (χ4n) is 1.95. The summed E-state index contributed by atoms with van der Waals surface area (Å²) in [6.07, 6.45) is 0. The molecule has 0 saturated heterocycles. The number of aromatic hydroxyl groups is 1. The minimum atomic E-state index is -0.438. The van der Waals surface area contributed by atoms with Crippen molar-refractivity contribution >= 4 is 18.2 Å². The number of nitrogens with one attached hydrogen (secondary N) is 2. The van der Waals surface area contributed by atoms with E-state index < -0.39 is 11.4 Å². The van der Waals surface area contributed by atoms with Gasteiger partial charge >= 0.3 is 0 Å². The van der Waals surface area contributed by atoms with Crippen molar-refractivity contribution in [1.82, 2.24) is 9.97 Å². The Morgan fingerprint density at radius 2 is 1.74 bits per heavy atom. The lowest BCUT2D eigenvalue weighted by atomic mass is 10.2. The zero-order chi connectivity index (χ0) is 19.3. The third-order valence-electron chi connectivity index (χ3n) is 3.36. The molecule has 2 aromatic carbocycles. The van der Waals surface area contributed by atoms with Gasteiger partial charge in [-0.05, 0) is 31.2 Å². The zero-order valence-corrected chi connectivity index (χ0v) is 15.0. The maximum Gasteiger partial charge on any atom is 0.257 e.